The minimum atomic E-state index is -5.98. The number of carbonyl (C=O) groups excluding carboxylic acids is 2. The Bertz CT molecular complexity index is 1530. The van der Waals surface area contributed by atoms with Crippen molar-refractivity contribution in [3.05, 3.63) is 0 Å². The molecule has 0 aromatic carbocycles. The van der Waals surface area contributed by atoms with Crippen LogP contribution in [0.3, 0.4) is 0 Å². The minimum Gasteiger partial charge on any atom is -0.735 e. The van der Waals surface area contributed by atoms with Gasteiger partial charge in [0.1, 0.15) is 67.0 Å². The summed E-state index contributed by atoms with van der Waals surface area (Å²) >= 11 is 0. The van der Waals surface area contributed by atoms with E-state index >= 15 is 0 Å². The summed E-state index contributed by atoms with van der Waals surface area (Å²) < 4.78 is 137. The molecule has 1 amide bonds. The summed E-state index contributed by atoms with van der Waals surface area (Å²) in [6.45, 7) is -1.58. The van der Waals surface area contributed by atoms with E-state index in [9.17, 15) is 84.2 Å². The summed E-state index contributed by atoms with van der Waals surface area (Å²) in [5, 5.41) is 76.6. The van der Waals surface area contributed by atoms with Gasteiger partial charge in [0.05, 0.1) is 19.2 Å². The second kappa shape index (κ2) is 16.4. The Balaban J connectivity index is 2.04. The monoisotopic (exact) mass is 794 g/mol. The molecule has 30 heteroatoms. The van der Waals surface area contributed by atoms with E-state index in [-0.39, 0.29) is 0 Å². The number of amides is 1. The predicted octanol–water partition coefficient (Wildman–Crippen LogP) is -10.6. The number of carbonyl (C=O) groups is 2. The molecule has 0 aliphatic carbocycles. The lowest BCUT2D eigenvalue weighted by molar-refractivity contribution is -0.378. The number of hydrogen-bond donors (Lipinski definition) is 8. The second-order valence-electron chi connectivity index (χ2n) is 10.7. The van der Waals surface area contributed by atoms with Crippen molar-refractivity contribution in [2.24, 2.45) is 0 Å². The molecule has 0 aromatic heterocycles. The van der Waals surface area contributed by atoms with Gasteiger partial charge in [-0.2, -0.15) is 0 Å². The number of carboxylic acids is 1. The molecule has 3 fully saturated rings. The molecule has 27 nitrogen and oxygen atoms in total. The molecule has 3 saturated heterocycles. The predicted molar refractivity (Wildman–Crippen MR) is 139 cm³/mol. The van der Waals surface area contributed by atoms with Crippen molar-refractivity contribution in [3.8, 4) is 0 Å². The molecular weight excluding hydrogens is 764 g/mol. The third-order valence-corrected chi connectivity index (χ3v) is 8.61. The fourth-order valence-electron chi connectivity index (χ4n) is 5.09. The number of hydrogen-bond acceptors (Lipinski definition) is 25. The Labute approximate surface area is 281 Å². The zero-order valence-electron chi connectivity index (χ0n) is 24.7. The molecule has 0 saturated carbocycles. The van der Waals surface area contributed by atoms with Gasteiger partial charge in [-0.25, -0.2) is 30.0 Å². The molecule has 3 aliphatic rings. The van der Waals surface area contributed by atoms with E-state index in [1.165, 1.54) is 4.72 Å². The standard InChI is InChI=1S/C20H34N2O25S3/c1-4(24)21-8-10(26)9(25)5(2-23)43-19(8)45-14-12(28)15(47-50(38,39)40)20(46-16(14)17(29)30)44-13-6(3-41-49(35,36)37)42-18(31)7(11(13)27)22-48(32,33)34/h5-16,18-20,22-23,25-28,31H,2-3H2,1H3,(H,21,24)(H,29,30)(H,32,33,34)(H,35,36,37)(H,38,39,40)/p-4/t5-,6-,7-,8-,9-,10-,11-,12+,13-,14+,15-,16-,18+,19-,20-/m1/s1. The van der Waals surface area contributed by atoms with Gasteiger partial charge < -0.3 is 83.2 Å². The first-order valence-corrected chi connectivity index (χ1v) is 17.6. The molecular formula is C20H30N2O25S3-4. The maximum absolute atomic E-state index is 12.2. The Morgan fingerprint density at radius 3 is 1.84 bits per heavy atom. The summed E-state index contributed by atoms with van der Waals surface area (Å²) in [4.78, 5) is 24.0. The van der Waals surface area contributed by atoms with Gasteiger partial charge in [-0.3, -0.25) is 13.2 Å². The Kier molecular flexibility index (Phi) is 14.0. The first-order valence-electron chi connectivity index (χ1n) is 13.6. The van der Waals surface area contributed by atoms with Crippen LogP contribution in [0.25, 0.3) is 0 Å². The topological polar surface area (TPSA) is 439 Å². The fourth-order valence-corrected chi connectivity index (χ4v) is 6.46. The molecule has 0 unspecified atom stereocenters. The highest BCUT2D eigenvalue weighted by molar-refractivity contribution is 7.83. The van der Waals surface area contributed by atoms with E-state index in [1.54, 1.807) is 0 Å². The zero-order chi connectivity index (χ0) is 38.1. The number of ether oxygens (including phenoxy) is 5. The highest BCUT2D eigenvalue weighted by Crippen LogP contribution is 2.34. The second-order valence-corrected chi connectivity index (χ2v) is 13.9. The van der Waals surface area contributed by atoms with Crippen molar-refractivity contribution in [2.75, 3.05) is 13.2 Å². The van der Waals surface area contributed by atoms with Gasteiger partial charge in [0.2, 0.25) is 26.7 Å². The van der Waals surface area contributed by atoms with Crippen molar-refractivity contribution in [1.29, 1.82) is 0 Å². The number of aliphatic carboxylic acids is 1. The van der Waals surface area contributed by atoms with Gasteiger partial charge in [0.15, 0.2) is 35.3 Å². The Morgan fingerprint density at radius 1 is 0.740 bits per heavy atom. The maximum Gasteiger partial charge on any atom is 0.218 e. The molecule has 0 aromatic rings. The number of aliphatic hydroxyl groups excluding tert-OH is 6. The molecule has 0 spiro atoms. The van der Waals surface area contributed by atoms with Gasteiger partial charge in [-0.15, -0.1) is 0 Å². The van der Waals surface area contributed by atoms with Gasteiger partial charge in [0.25, 0.3) is 0 Å². The minimum absolute atomic E-state index is 0.899. The normalized spacial score (nSPS) is 40.2. The van der Waals surface area contributed by atoms with Gasteiger partial charge in [0, 0.05) is 6.92 Å². The van der Waals surface area contributed by atoms with Crippen LogP contribution in [0.5, 0.6) is 0 Å². The van der Waals surface area contributed by atoms with Crippen LogP contribution in [0.4, 0.5) is 0 Å². The van der Waals surface area contributed by atoms with Gasteiger partial charge >= 0.3 is 0 Å². The third-order valence-electron chi connectivity index (χ3n) is 7.16. The first-order chi connectivity index (χ1) is 22.8. The molecule has 0 radical (unpaired) electrons. The summed E-state index contributed by atoms with van der Waals surface area (Å²) in [6, 6.07) is -4.21. The van der Waals surface area contributed by atoms with Crippen molar-refractivity contribution in [2.45, 2.75) is 98.9 Å². The van der Waals surface area contributed by atoms with Crippen LogP contribution >= 0.6 is 0 Å². The van der Waals surface area contributed by atoms with Crippen LogP contribution in [-0.4, -0.2) is 187 Å². The maximum atomic E-state index is 12.2. The van der Waals surface area contributed by atoms with Crippen LogP contribution in [0.2, 0.25) is 0 Å². The van der Waals surface area contributed by atoms with Crippen molar-refractivity contribution >= 4 is 43.0 Å². The number of carboxylic acid groups (broad SMARTS) is 1. The van der Waals surface area contributed by atoms with E-state index in [1.807, 2.05) is 0 Å². The highest BCUT2D eigenvalue weighted by Gasteiger charge is 2.55. The van der Waals surface area contributed by atoms with Crippen LogP contribution in [0.15, 0.2) is 0 Å². The van der Waals surface area contributed by atoms with E-state index in [0.717, 1.165) is 6.92 Å². The van der Waals surface area contributed by atoms with Gasteiger partial charge in [-0.1, -0.05) is 0 Å². The van der Waals surface area contributed by atoms with Crippen molar-refractivity contribution in [1.82, 2.24) is 10.0 Å². The lowest BCUT2D eigenvalue weighted by Gasteiger charge is -2.50. The first kappa shape index (κ1) is 42.5. The molecule has 15 atom stereocenters. The van der Waals surface area contributed by atoms with Crippen LogP contribution in [-0.2, 0) is 72.7 Å². The van der Waals surface area contributed by atoms with E-state index < -0.39 is 148 Å². The number of nitrogens with one attached hydrogen (secondary N) is 2. The highest BCUT2D eigenvalue weighted by atomic mass is 32.3. The zero-order valence-corrected chi connectivity index (χ0v) is 27.2. The van der Waals surface area contributed by atoms with Crippen molar-refractivity contribution < 1.29 is 116 Å². The van der Waals surface area contributed by atoms with Crippen LogP contribution in [0.1, 0.15) is 6.92 Å². The van der Waals surface area contributed by atoms with E-state index in [4.69, 9.17) is 23.7 Å². The SMILES string of the molecule is CC(=O)N[C@H]1[C@@H](O[C@H]2[C@H](O)[C@@H](OS(=O)(=O)[O-])[C@H](O[C@H]3[C@H](O)[C@@H](NS(=O)(=O)[O-])[C@@H](O)O[C@@H]3COS(=O)(=O)[O-])O[C@H]2C(=O)[O-])O[C@H](CO)[C@@H](O)[C@@H]1O. The molecule has 3 aliphatic heterocycles. The molecule has 8 N–H and O–H groups in total. The van der Waals surface area contributed by atoms with Crippen LogP contribution in [0, 0.1) is 0 Å². The summed E-state index contributed by atoms with van der Waals surface area (Å²) in [5.41, 5.74) is 0. The summed E-state index contributed by atoms with van der Waals surface area (Å²) in [5.74, 6) is -3.23. The molecule has 0 bridgehead atoms. The largest absolute Gasteiger partial charge is 0.735 e. The van der Waals surface area contributed by atoms with Gasteiger partial charge in [-0.05, 0) is 0 Å². The molecule has 292 valence electrons. The average Bonchev–Trinajstić information content (AvgIpc) is 2.96. The van der Waals surface area contributed by atoms with E-state index in [2.05, 4.69) is 13.7 Å². The fraction of sp³-hybridized carbons (Fsp3) is 0.900. The lowest BCUT2D eigenvalue weighted by Crippen LogP contribution is -2.70. The van der Waals surface area contributed by atoms with Crippen LogP contribution < -0.4 is 15.1 Å². The average molecular weight is 795 g/mol. The lowest BCUT2D eigenvalue weighted by atomic mass is 9.94. The third kappa shape index (κ3) is 11.1. The number of aliphatic hydroxyl groups is 6. The summed E-state index contributed by atoms with van der Waals surface area (Å²) in [6.07, 6.45) is -31.0. The van der Waals surface area contributed by atoms with Crippen molar-refractivity contribution in [3.63, 3.8) is 0 Å². The van der Waals surface area contributed by atoms with E-state index in [0.29, 0.717) is 0 Å². The molecule has 3 heterocycles. The summed E-state index contributed by atoms with van der Waals surface area (Å²) in [7, 11) is -17.1. The Hall–Kier alpha value is -1.89. The number of rotatable bonds is 14. The molecule has 50 heavy (non-hydrogen) atoms. The molecule has 3 rings (SSSR count). The quantitative estimate of drug-likeness (QED) is 0.0597. The Morgan fingerprint density at radius 2 is 1.34 bits per heavy atom. The smallest absolute Gasteiger partial charge is 0.218 e.